The van der Waals surface area contributed by atoms with E-state index in [1.807, 2.05) is 31.3 Å². The maximum absolute atomic E-state index is 4.33. The second kappa shape index (κ2) is 7.83. The van der Waals surface area contributed by atoms with E-state index < -0.39 is 0 Å². The van der Waals surface area contributed by atoms with Gasteiger partial charge in [0.1, 0.15) is 0 Å². The lowest BCUT2D eigenvalue weighted by atomic mass is 10.1. The molecule has 2 heteroatoms. The maximum Gasteiger partial charge on any atom is 0.0698 e. The van der Waals surface area contributed by atoms with Gasteiger partial charge in [0.15, 0.2) is 0 Å². The largest absolute Gasteiger partial charge is 0.317 e. The van der Waals surface area contributed by atoms with Gasteiger partial charge in [-0.25, -0.2) is 0 Å². The molecule has 0 aliphatic rings. The number of pyridine rings is 1. The van der Waals surface area contributed by atoms with Crippen LogP contribution in [0.1, 0.15) is 31.5 Å². The van der Waals surface area contributed by atoms with Gasteiger partial charge in [-0.2, -0.15) is 0 Å². The van der Waals surface area contributed by atoms with Gasteiger partial charge in [0.05, 0.1) is 5.69 Å². The predicted octanol–water partition coefficient (Wildman–Crippen LogP) is 3.13. The van der Waals surface area contributed by atoms with E-state index >= 15 is 0 Å². The molecule has 0 aromatic carbocycles. The molecule has 2 nitrogen and oxygen atoms in total. The smallest absolute Gasteiger partial charge is 0.0698 e. The lowest BCUT2D eigenvalue weighted by molar-refractivity contribution is 0.727. The second-order valence-electron chi connectivity index (χ2n) is 3.52. The topological polar surface area (TPSA) is 24.9 Å². The molecule has 0 amide bonds. The van der Waals surface area contributed by atoms with E-state index in [1.54, 1.807) is 0 Å². The van der Waals surface area contributed by atoms with Crippen LogP contribution in [-0.2, 0) is 0 Å². The Kier molecular flexibility index (Phi) is 6.19. The van der Waals surface area contributed by atoms with Crippen molar-refractivity contribution in [2.75, 3.05) is 13.1 Å². The molecule has 1 aromatic heterocycles. The summed E-state index contributed by atoms with van der Waals surface area (Å²) in [6.07, 6.45) is 11.2. The maximum atomic E-state index is 4.33. The minimum Gasteiger partial charge on any atom is -0.317 e. The Hall–Kier alpha value is -1.41. The molecule has 1 heterocycles. The number of nitrogens with one attached hydrogen (secondary N) is 1. The lowest BCUT2D eigenvalue weighted by Gasteiger charge is -1.99. The number of hydrogen-bond acceptors (Lipinski definition) is 2. The molecule has 1 N–H and O–H groups in total. The lowest BCUT2D eigenvalue weighted by Crippen LogP contribution is -2.12. The molecular weight excluding hydrogens is 196 g/mol. The molecule has 0 spiro atoms. The van der Waals surface area contributed by atoms with Crippen LogP contribution < -0.4 is 5.32 Å². The summed E-state index contributed by atoms with van der Waals surface area (Å²) in [5, 5.41) is 3.29. The highest BCUT2D eigenvalue weighted by molar-refractivity contribution is 5.61. The van der Waals surface area contributed by atoms with E-state index in [1.165, 1.54) is 5.56 Å². The van der Waals surface area contributed by atoms with Crippen LogP contribution >= 0.6 is 0 Å². The Morgan fingerprint density at radius 1 is 1.38 bits per heavy atom. The molecular formula is C14H20N2. The number of allylic oxidation sites excluding steroid dienone is 1. The quantitative estimate of drug-likeness (QED) is 0.739. The van der Waals surface area contributed by atoms with Gasteiger partial charge >= 0.3 is 0 Å². The van der Waals surface area contributed by atoms with Crippen molar-refractivity contribution in [2.45, 2.75) is 20.3 Å². The third-order valence-corrected chi connectivity index (χ3v) is 2.23. The van der Waals surface area contributed by atoms with E-state index in [4.69, 9.17) is 0 Å². The highest BCUT2D eigenvalue weighted by atomic mass is 14.8. The summed E-state index contributed by atoms with van der Waals surface area (Å²) >= 11 is 0. The molecule has 0 radical (unpaired) electrons. The number of nitrogens with zero attached hydrogens (tertiary/aromatic N) is 1. The van der Waals surface area contributed by atoms with E-state index in [9.17, 15) is 0 Å². The highest BCUT2D eigenvalue weighted by Crippen LogP contribution is 2.09. The standard InChI is InChI=1S/C14H20N2/c1-3-8-14-13(10-7-12-16-14)9-5-6-11-15-4-2/h3,5,7-10,12,15H,4,6,11H2,1-2H3/b8-3-,9-5+. The zero-order valence-corrected chi connectivity index (χ0v) is 10.1. The Morgan fingerprint density at radius 3 is 3.00 bits per heavy atom. The zero-order valence-electron chi connectivity index (χ0n) is 10.1. The monoisotopic (exact) mass is 216 g/mol. The van der Waals surface area contributed by atoms with Gasteiger partial charge in [-0.05, 0) is 44.1 Å². The molecule has 1 rings (SSSR count). The zero-order chi connectivity index (χ0) is 11.6. The van der Waals surface area contributed by atoms with Crippen molar-refractivity contribution in [1.29, 1.82) is 0 Å². The average Bonchev–Trinajstić information content (AvgIpc) is 2.31. The molecule has 86 valence electrons. The van der Waals surface area contributed by atoms with Crippen molar-refractivity contribution in [2.24, 2.45) is 0 Å². The van der Waals surface area contributed by atoms with Crippen molar-refractivity contribution < 1.29 is 0 Å². The van der Waals surface area contributed by atoms with Gasteiger partial charge in [-0.15, -0.1) is 0 Å². The molecule has 0 atom stereocenters. The van der Waals surface area contributed by atoms with E-state index in [0.717, 1.165) is 25.2 Å². The van der Waals surface area contributed by atoms with Crippen molar-refractivity contribution in [3.63, 3.8) is 0 Å². The minimum absolute atomic E-state index is 1.03. The first kappa shape index (κ1) is 12.7. The van der Waals surface area contributed by atoms with E-state index in [0.29, 0.717) is 0 Å². The molecule has 0 saturated carbocycles. The number of rotatable bonds is 6. The van der Waals surface area contributed by atoms with Crippen LogP contribution in [-0.4, -0.2) is 18.1 Å². The third kappa shape index (κ3) is 4.41. The minimum atomic E-state index is 1.03. The van der Waals surface area contributed by atoms with Crippen LogP contribution in [0, 0.1) is 0 Å². The summed E-state index contributed by atoms with van der Waals surface area (Å²) < 4.78 is 0. The van der Waals surface area contributed by atoms with Crippen LogP contribution in [0.5, 0.6) is 0 Å². The van der Waals surface area contributed by atoms with Crippen molar-refractivity contribution in [1.82, 2.24) is 10.3 Å². The number of aromatic nitrogens is 1. The molecule has 0 aliphatic heterocycles. The second-order valence-corrected chi connectivity index (χ2v) is 3.52. The third-order valence-electron chi connectivity index (χ3n) is 2.23. The molecule has 0 unspecified atom stereocenters. The van der Waals surface area contributed by atoms with Gasteiger partial charge in [0.25, 0.3) is 0 Å². The fourth-order valence-corrected chi connectivity index (χ4v) is 1.44. The molecule has 1 aromatic rings. The van der Waals surface area contributed by atoms with Crippen LogP contribution in [0.2, 0.25) is 0 Å². The fourth-order valence-electron chi connectivity index (χ4n) is 1.44. The van der Waals surface area contributed by atoms with Gasteiger partial charge in [0.2, 0.25) is 0 Å². The summed E-state index contributed by atoms with van der Waals surface area (Å²) in [5.74, 6) is 0. The van der Waals surface area contributed by atoms with Crippen molar-refractivity contribution >= 4 is 12.2 Å². The summed E-state index contributed by atoms with van der Waals surface area (Å²) in [7, 11) is 0. The van der Waals surface area contributed by atoms with Crippen LogP contribution in [0.15, 0.2) is 30.5 Å². The summed E-state index contributed by atoms with van der Waals surface area (Å²) in [5.41, 5.74) is 2.21. The SMILES string of the molecule is C/C=C\c1ncccc1/C=C/CCNCC. The highest BCUT2D eigenvalue weighted by Gasteiger charge is 1.94. The fraction of sp³-hybridized carbons (Fsp3) is 0.357. The van der Waals surface area contributed by atoms with Gasteiger partial charge in [-0.1, -0.05) is 31.2 Å². The normalized spacial score (nSPS) is 11.6. The van der Waals surface area contributed by atoms with Gasteiger partial charge in [0, 0.05) is 6.20 Å². The first-order chi connectivity index (χ1) is 7.88. The Balaban J connectivity index is 2.58. The summed E-state index contributed by atoms with van der Waals surface area (Å²) in [6.45, 7) is 6.19. The molecule has 0 bridgehead atoms. The average molecular weight is 216 g/mol. The number of hydrogen-bond donors (Lipinski definition) is 1. The van der Waals surface area contributed by atoms with Gasteiger partial charge in [-0.3, -0.25) is 4.98 Å². The van der Waals surface area contributed by atoms with Crippen LogP contribution in [0.4, 0.5) is 0 Å². The van der Waals surface area contributed by atoms with E-state index in [-0.39, 0.29) is 0 Å². The first-order valence-corrected chi connectivity index (χ1v) is 5.83. The summed E-state index contributed by atoms with van der Waals surface area (Å²) in [4.78, 5) is 4.33. The Labute approximate surface area is 98.1 Å². The van der Waals surface area contributed by atoms with Crippen molar-refractivity contribution in [3.05, 3.63) is 41.7 Å². The van der Waals surface area contributed by atoms with Crippen LogP contribution in [0.25, 0.3) is 12.2 Å². The van der Waals surface area contributed by atoms with Gasteiger partial charge < -0.3 is 5.32 Å². The predicted molar refractivity (Wildman–Crippen MR) is 71.1 cm³/mol. The molecule has 0 fully saturated rings. The molecule has 0 saturated heterocycles. The Morgan fingerprint density at radius 2 is 2.25 bits per heavy atom. The first-order valence-electron chi connectivity index (χ1n) is 5.83. The van der Waals surface area contributed by atoms with Crippen molar-refractivity contribution in [3.8, 4) is 0 Å². The Bertz CT molecular complexity index is 354. The molecule has 0 aliphatic carbocycles. The van der Waals surface area contributed by atoms with Crippen LogP contribution in [0.3, 0.4) is 0 Å². The summed E-state index contributed by atoms with van der Waals surface area (Å²) in [6, 6.07) is 4.06. The van der Waals surface area contributed by atoms with E-state index in [2.05, 4.69) is 35.4 Å². The molecule has 16 heavy (non-hydrogen) atoms.